The molecule has 1 aliphatic heterocycles. The van der Waals surface area contributed by atoms with Crippen LogP contribution in [0, 0.1) is 11.3 Å². The fourth-order valence-electron chi connectivity index (χ4n) is 5.90. The third-order valence-corrected chi connectivity index (χ3v) is 7.59. The lowest BCUT2D eigenvalue weighted by Gasteiger charge is -2.42. The zero-order valence-electron chi connectivity index (χ0n) is 14.8. The van der Waals surface area contributed by atoms with Gasteiger partial charge in [-0.15, -0.1) is 0 Å². The van der Waals surface area contributed by atoms with E-state index >= 15 is 0 Å². The number of benzene rings is 1. The Morgan fingerprint density at radius 1 is 1.08 bits per heavy atom. The van der Waals surface area contributed by atoms with Crippen LogP contribution in [0.15, 0.2) is 30.3 Å². The second-order valence-corrected chi connectivity index (χ2v) is 8.74. The van der Waals surface area contributed by atoms with Crippen molar-refractivity contribution in [3.63, 3.8) is 0 Å². The standard InChI is InChI=1S/C22H27NO2/c24-20(25)22(17-5-6-17)10-8-18(15-22)23-13-11-21(12-14-23)9-7-16-3-1-2-4-19(16)21/h1-4,7,9,17-18H,5-6,8,10-15H2,(H,24,25). The first-order chi connectivity index (χ1) is 12.1. The predicted octanol–water partition coefficient (Wildman–Crippen LogP) is 4.08. The summed E-state index contributed by atoms with van der Waals surface area (Å²) in [6, 6.07) is 9.28. The van der Waals surface area contributed by atoms with Crippen molar-refractivity contribution in [1.29, 1.82) is 0 Å². The molecule has 0 bridgehead atoms. The zero-order chi connectivity index (χ0) is 17.1. The molecule has 0 radical (unpaired) electrons. The van der Waals surface area contributed by atoms with Gasteiger partial charge in [0.15, 0.2) is 0 Å². The molecule has 3 fully saturated rings. The molecule has 0 aromatic heterocycles. The minimum atomic E-state index is -0.529. The molecule has 2 atom stereocenters. The SMILES string of the molecule is O=C(O)C1(C2CC2)CCC(N2CCC3(C=Cc4ccccc43)CC2)C1. The predicted molar refractivity (Wildman–Crippen MR) is 98.4 cm³/mol. The van der Waals surface area contributed by atoms with E-state index in [1.54, 1.807) is 0 Å². The molecule has 4 aliphatic rings. The van der Waals surface area contributed by atoms with Gasteiger partial charge in [0.1, 0.15) is 0 Å². The van der Waals surface area contributed by atoms with Gasteiger partial charge < -0.3 is 10.0 Å². The van der Waals surface area contributed by atoms with Crippen LogP contribution in [-0.4, -0.2) is 35.1 Å². The molecule has 5 rings (SSSR count). The van der Waals surface area contributed by atoms with Crippen LogP contribution in [-0.2, 0) is 10.2 Å². The van der Waals surface area contributed by atoms with Crippen molar-refractivity contribution in [3.05, 3.63) is 41.5 Å². The van der Waals surface area contributed by atoms with E-state index in [4.69, 9.17) is 0 Å². The van der Waals surface area contributed by atoms with Crippen molar-refractivity contribution in [1.82, 2.24) is 4.90 Å². The second kappa shape index (κ2) is 5.44. The quantitative estimate of drug-likeness (QED) is 0.903. The average molecular weight is 337 g/mol. The topological polar surface area (TPSA) is 40.5 Å². The van der Waals surface area contributed by atoms with Crippen LogP contribution >= 0.6 is 0 Å². The number of aliphatic carboxylic acids is 1. The average Bonchev–Trinajstić information content (AvgIpc) is 3.30. The first kappa shape index (κ1) is 15.6. The molecule has 3 aliphatic carbocycles. The van der Waals surface area contributed by atoms with Crippen LogP contribution in [0.5, 0.6) is 0 Å². The number of fused-ring (bicyclic) bond motifs is 2. The molecule has 1 heterocycles. The van der Waals surface area contributed by atoms with E-state index in [0.717, 1.165) is 45.2 Å². The number of nitrogens with zero attached hydrogens (tertiary/aromatic N) is 1. The summed E-state index contributed by atoms with van der Waals surface area (Å²) < 4.78 is 0. The number of carboxylic acid groups (broad SMARTS) is 1. The van der Waals surface area contributed by atoms with Crippen LogP contribution in [0.2, 0.25) is 0 Å². The lowest BCUT2D eigenvalue weighted by atomic mass is 9.74. The van der Waals surface area contributed by atoms with E-state index in [1.165, 1.54) is 24.0 Å². The number of hydrogen-bond donors (Lipinski definition) is 1. The molecule has 3 heteroatoms. The molecule has 1 aromatic rings. The number of carbonyl (C=O) groups is 1. The molecule has 132 valence electrons. The first-order valence-corrected chi connectivity index (χ1v) is 9.89. The maximum atomic E-state index is 11.9. The van der Waals surface area contributed by atoms with Crippen molar-refractivity contribution in [3.8, 4) is 0 Å². The third-order valence-electron chi connectivity index (χ3n) is 7.59. The summed E-state index contributed by atoms with van der Waals surface area (Å²) in [5.74, 6) is -0.0746. The fraction of sp³-hybridized carbons (Fsp3) is 0.591. The Kier molecular flexibility index (Phi) is 3.40. The lowest BCUT2D eigenvalue weighted by Crippen LogP contribution is -2.46. The van der Waals surface area contributed by atoms with Gasteiger partial charge in [-0.1, -0.05) is 36.4 Å². The number of likely N-dealkylation sites (tertiary alicyclic amines) is 1. The molecular formula is C22H27NO2. The van der Waals surface area contributed by atoms with Crippen molar-refractivity contribution in [2.24, 2.45) is 11.3 Å². The Morgan fingerprint density at radius 3 is 2.56 bits per heavy atom. The first-order valence-electron chi connectivity index (χ1n) is 9.89. The summed E-state index contributed by atoms with van der Waals surface area (Å²) in [5, 5.41) is 9.84. The van der Waals surface area contributed by atoms with Gasteiger partial charge in [-0.05, 0) is 75.1 Å². The van der Waals surface area contributed by atoms with E-state index in [0.29, 0.717) is 12.0 Å². The van der Waals surface area contributed by atoms with Gasteiger partial charge in [-0.2, -0.15) is 0 Å². The van der Waals surface area contributed by atoms with E-state index in [-0.39, 0.29) is 5.41 Å². The van der Waals surface area contributed by atoms with Crippen LogP contribution < -0.4 is 0 Å². The maximum absolute atomic E-state index is 11.9. The Bertz CT molecular complexity index is 727. The number of piperidine rings is 1. The number of allylic oxidation sites excluding steroid dienone is 1. The van der Waals surface area contributed by atoms with Crippen LogP contribution in [0.25, 0.3) is 6.08 Å². The highest BCUT2D eigenvalue weighted by molar-refractivity contribution is 5.76. The summed E-state index contributed by atoms with van der Waals surface area (Å²) >= 11 is 0. The fourth-order valence-corrected chi connectivity index (χ4v) is 5.90. The van der Waals surface area contributed by atoms with Gasteiger partial charge in [0.25, 0.3) is 0 Å². The van der Waals surface area contributed by atoms with Crippen LogP contribution in [0.4, 0.5) is 0 Å². The van der Waals surface area contributed by atoms with Crippen molar-refractivity contribution < 1.29 is 9.90 Å². The number of hydrogen-bond acceptors (Lipinski definition) is 2. The second-order valence-electron chi connectivity index (χ2n) is 8.74. The molecule has 1 saturated heterocycles. The van der Waals surface area contributed by atoms with E-state index in [2.05, 4.69) is 41.3 Å². The summed E-state index contributed by atoms with van der Waals surface area (Å²) in [6.45, 7) is 2.20. The molecule has 1 spiro atoms. The summed E-state index contributed by atoms with van der Waals surface area (Å²) in [4.78, 5) is 14.6. The number of carboxylic acids is 1. The van der Waals surface area contributed by atoms with Gasteiger partial charge in [-0.3, -0.25) is 4.79 Å². The minimum Gasteiger partial charge on any atom is -0.481 e. The molecule has 1 aromatic carbocycles. The molecular weight excluding hydrogens is 310 g/mol. The molecule has 2 saturated carbocycles. The van der Waals surface area contributed by atoms with Gasteiger partial charge in [0, 0.05) is 11.5 Å². The van der Waals surface area contributed by atoms with E-state index in [1.807, 2.05) is 0 Å². The smallest absolute Gasteiger partial charge is 0.309 e. The Labute approximate surface area is 149 Å². The van der Waals surface area contributed by atoms with E-state index < -0.39 is 11.4 Å². The molecule has 2 unspecified atom stereocenters. The molecule has 25 heavy (non-hydrogen) atoms. The third kappa shape index (κ3) is 2.32. The highest BCUT2D eigenvalue weighted by Crippen LogP contribution is 2.56. The normalized spacial score (nSPS) is 33.7. The lowest BCUT2D eigenvalue weighted by molar-refractivity contribution is -0.150. The van der Waals surface area contributed by atoms with Crippen LogP contribution in [0.3, 0.4) is 0 Å². The molecule has 0 amide bonds. The van der Waals surface area contributed by atoms with Gasteiger partial charge in [0.2, 0.25) is 0 Å². The Hall–Kier alpha value is -1.61. The molecule has 3 nitrogen and oxygen atoms in total. The Balaban J connectivity index is 1.29. The monoisotopic (exact) mass is 337 g/mol. The number of rotatable bonds is 3. The van der Waals surface area contributed by atoms with Gasteiger partial charge >= 0.3 is 5.97 Å². The summed E-state index contributed by atoms with van der Waals surface area (Å²) in [7, 11) is 0. The van der Waals surface area contributed by atoms with Crippen LogP contribution in [0.1, 0.15) is 56.1 Å². The maximum Gasteiger partial charge on any atom is 0.309 e. The highest BCUT2D eigenvalue weighted by atomic mass is 16.4. The zero-order valence-corrected chi connectivity index (χ0v) is 14.8. The van der Waals surface area contributed by atoms with Crippen molar-refractivity contribution in [2.45, 2.75) is 56.4 Å². The summed E-state index contributed by atoms with van der Waals surface area (Å²) in [6.07, 6.45) is 12.2. The Morgan fingerprint density at radius 2 is 1.84 bits per heavy atom. The largest absolute Gasteiger partial charge is 0.481 e. The highest BCUT2D eigenvalue weighted by Gasteiger charge is 2.56. The minimum absolute atomic E-state index is 0.228. The molecule has 1 N–H and O–H groups in total. The summed E-state index contributed by atoms with van der Waals surface area (Å²) in [5.41, 5.74) is 2.71. The van der Waals surface area contributed by atoms with Gasteiger partial charge in [-0.25, -0.2) is 0 Å². The van der Waals surface area contributed by atoms with Crippen molar-refractivity contribution >= 4 is 12.0 Å². The van der Waals surface area contributed by atoms with Gasteiger partial charge in [0.05, 0.1) is 5.41 Å². The van der Waals surface area contributed by atoms with Crippen molar-refractivity contribution in [2.75, 3.05) is 13.1 Å². The van der Waals surface area contributed by atoms with E-state index in [9.17, 15) is 9.90 Å².